The highest BCUT2D eigenvalue weighted by Crippen LogP contribution is 2.46. The molecule has 2 aliphatic heterocycles. The Labute approximate surface area is 166 Å². The number of rotatable bonds is 4. The fourth-order valence-corrected chi connectivity index (χ4v) is 5.11. The van der Waals surface area contributed by atoms with Crippen molar-refractivity contribution in [3.05, 3.63) is 53.8 Å². The molecule has 0 amide bonds. The Kier molecular flexibility index (Phi) is 5.02. The molecule has 3 heterocycles. The Morgan fingerprint density at radius 2 is 2.18 bits per heavy atom. The molecule has 5 heteroatoms. The number of nitrogens with one attached hydrogen (secondary N) is 1. The van der Waals surface area contributed by atoms with E-state index in [1.807, 2.05) is 31.2 Å². The molecular weight excluding hydrogens is 352 g/mol. The number of hydrogen-bond acceptors (Lipinski definition) is 4. The van der Waals surface area contributed by atoms with Crippen LogP contribution in [0.4, 0.5) is 0 Å². The number of esters is 1. The van der Waals surface area contributed by atoms with Crippen molar-refractivity contribution in [2.75, 3.05) is 27.3 Å². The molecular formula is C23H28N2O3. The van der Waals surface area contributed by atoms with Crippen molar-refractivity contribution in [1.29, 1.82) is 0 Å². The summed E-state index contributed by atoms with van der Waals surface area (Å²) in [7, 11) is 3.18. The maximum absolute atomic E-state index is 12.4. The van der Waals surface area contributed by atoms with E-state index >= 15 is 0 Å². The number of piperidine rings is 1. The van der Waals surface area contributed by atoms with E-state index in [1.165, 1.54) is 23.8 Å². The van der Waals surface area contributed by atoms with Crippen molar-refractivity contribution in [2.24, 2.45) is 11.8 Å². The number of nitrogens with zero attached hydrogens (tertiary/aromatic N) is 1. The van der Waals surface area contributed by atoms with Crippen LogP contribution in [-0.4, -0.2) is 43.2 Å². The minimum absolute atomic E-state index is 0.107. The van der Waals surface area contributed by atoms with Gasteiger partial charge in [-0.05, 0) is 43.4 Å². The highest BCUT2D eigenvalue weighted by molar-refractivity contribution is 5.91. The third-order valence-electron chi connectivity index (χ3n) is 6.44. The summed E-state index contributed by atoms with van der Waals surface area (Å²) in [6.07, 6.45) is 5.76. The van der Waals surface area contributed by atoms with Crippen molar-refractivity contribution >= 4 is 16.9 Å². The highest BCUT2D eigenvalue weighted by atomic mass is 16.5. The van der Waals surface area contributed by atoms with Crippen LogP contribution in [0.3, 0.4) is 0 Å². The van der Waals surface area contributed by atoms with Crippen molar-refractivity contribution < 1.29 is 14.3 Å². The summed E-state index contributed by atoms with van der Waals surface area (Å²) in [5, 5.41) is 1.20. The first-order valence-electron chi connectivity index (χ1n) is 9.91. The summed E-state index contributed by atoms with van der Waals surface area (Å²) in [6, 6.07) is 6.41. The second kappa shape index (κ2) is 7.47. The lowest BCUT2D eigenvalue weighted by molar-refractivity contribution is -0.137. The fraction of sp³-hybridized carbons (Fsp3) is 0.435. The molecule has 1 saturated heterocycles. The molecule has 2 aromatic rings. The number of H-pyrrole nitrogens is 1. The molecule has 0 saturated carbocycles. The van der Waals surface area contributed by atoms with Gasteiger partial charge in [-0.2, -0.15) is 0 Å². The van der Waals surface area contributed by atoms with Crippen molar-refractivity contribution in [3.63, 3.8) is 0 Å². The smallest absolute Gasteiger partial charge is 0.333 e. The zero-order valence-electron chi connectivity index (χ0n) is 16.8. The molecule has 0 unspecified atom stereocenters. The molecule has 0 radical (unpaired) electrons. The van der Waals surface area contributed by atoms with Crippen LogP contribution in [0, 0.1) is 11.8 Å². The number of allylic oxidation sites excluding steroid dienone is 1. The lowest BCUT2D eigenvalue weighted by Crippen LogP contribution is -2.46. The standard InChI is InChI=1S/C23H28N2O3/c1-5-14-13-25-11-10-16-21-18(8-7-9-20(21)27-3)24-22(16)19(25)12-17(14)15(6-2)23(26)28-4/h5-9,14,17,19,24H,1,10-13H2,2-4H3/b15-6+/t14-,17+,19+/m1/s1. The fourth-order valence-electron chi connectivity index (χ4n) is 5.11. The van der Waals surface area contributed by atoms with E-state index in [0.717, 1.165) is 42.8 Å². The summed E-state index contributed by atoms with van der Waals surface area (Å²) in [6.45, 7) is 7.87. The number of carbonyl (C=O) groups is 1. The summed E-state index contributed by atoms with van der Waals surface area (Å²) < 4.78 is 10.7. The van der Waals surface area contributed by atoms with Gasteiger partial charge in [0.15, 0.2) is 0 Å². The molecule has 5 nitrogen and oxygen atoms in total. The van der Waals surface area contributed by atoms with Crippen LogP contribution in [-0.2, 0) is 16.0 Å². The van der Waals surface area contributed by atoms with Crippen LogP contribution in [0.25, 0.3) is 10.9 Å². The molecule has 1 aromatic carbocycles. The average Bonchev–Trinajstić information content (AvgIpc) is 3.12. The number of hydrogen-bond donors (Lipinski definition) is 1. The van der Waals surface area contributed by atoms with Crippen LogP contribution in [0.5, 0.6) is 5.75 Å². The summed E-state index contributed by atoms with van der Waals surface area (Å²) in [5.41, 5.74) is 4.49. The molecule has 0 bridgehead atoms. The first-order chi connectivity index (χ1) is 13.6. The van der Waals surface area contributed by atoms with Gasteiger partial charge in [0.2, 0.25) is 0 Å². The normalized spacial score (nSPS) is 25.1. The molecule has 148 valence electrons. The van der Waals surface area contributed by atoms with Gasteiger partial charge in [-0.25, -0.2) is 4.79 Å². The lowest BCUT2D eigenvalue weighted by atomic mass is 9.74. The van der Waals surface area contributed by atoms with E-state index < -0.39 is 0 Å². The van der Waals surface area contributed by atoms with E-state index in [-0.39, 0.29) is 23.8 Å². The number of methoxy groups -OCH3 is 2. The Bertz CT molecular complexity index is 943. The highest BCUT2D eigenvalue weighted by Gasteiger charge is 2.42. The maximum Gasteiger partial charge on any atom is 0.333 e. The monoisotopic (exact) mass is 380 g/mol. The number of aromatic amines is 1. The molecule has 1 fully saturated rings. The molecule has 4 rings (SSSR count). The zero-order valence-corrected chi connectivity index (χ0v) is 16.8. The van der Waals surface area contributed by atoms with Crippen molar-refractivity contribution in [1.82, 2.24) is 9.88 Å². The minimum atomic E-state index is -0.234. The SMILES string of the molecule is C=C[C@@H]1CN2CCc3c([nH]c4cccc(OC)c34)[C@@H]2C[C@@H]1/C(=C\C)C(=O)OC. The van der Waals surface area contributed by atoms with E-state index in [1.54, 1.807) is 7.11 Å². The second-order valence-electron chi connectivity index (χ2n) is 7.64. The van der Waals surface area contributed by atoms with Crippen LogP contribution < -0.4 is 4.74 Å². The Balaban J connectivity index is 1.77. The van der Waals surface area contributed by atoms with E-state index in [2.05, 4.69) is 22.5 Å². The van der Waals surface area contributed by atoms with Crippen molar-refractivity contribution in [3.8, 4) is 5.75 Å². The van der Waals surface area contributed by atoms with Gasteiger partial charge in [0.1, 0.15) is 5.75 Å². The van der Waals surface area contributed by atoms with Gasteiger partial charge in [0, 0.05) is 41.2 Å². The van der Waals surface area contributed by atoms with Gasteiger partial charge in [-0.3, -0.25) is 4.90 Å². The van der Waals surface area contributed by atoms with Gasteiger partial charge < -0.3 is 14.5 Å². The largest absolute Gasteiger partial charge is 0.496 e. The number of ether oxygens (including phenoxy) is 2. The topological polar surface area (TPSA) is 54.6 Å². The lowest BCUT2D eigenvalue weighted by Gasteiger charge is -2.46. The quantitative estimate of drug-likeness (QED) is 0.495. The van der Waals surface area contributed by atoms with Gasteiger partial charge in [-0.15, -0.1) is 6.58 Å². The van der Waals surface area contributed by atoms with Crippen LogP contribution >= 0.6 is 0 Å². The number of carbonyl (C=O) groups excluding carboxylic acids is 1. The molecule has 2 aliphatic rings. The maximum atomic E-state index is 12.4. The molecule has 0 aliphatic carbocycles. The summed E-state index contributed by atoms with van der Waals surface area (Å²) >= 11 is 0. The minimum Gasteiger partial charge on any atom is -0.496 e. The van der Waals surface area contributed by atoms with E-state index in [9.17, 15) is 4.79 Å². The Hall–Kier alpha value is -2.53. The summed E-state index contributed by atoms with van der Waals surface area (Å²) in [4.78, 5) is 18.6. The van der Waals surface area contributed by atoms with Crippen LogP contribution in [0.2, 0.25) is 0 Å². The van der Waals surface area contributed by atoms with Crippen LogP contribution in [0.15, 0.2) is 42.5 Å². The van der Waals surface area contributed by atoms with E-state index in [0.29, 0.717) is 0 Å². The van der Waals surface area contributed by atoms with Gasteiger partial charge in [0.25, 0.3) is 0 Å². The average molecular weight is 380 g/mol. The predicted octanol–water partition coefficient (Wildman–Crippen LogP) is 4.02. The first-order valence-corrected chi connectivity index (χ1v) is 9.91. The second-order valence-corrected chi connectivity index (χ2v) is 7.64. The predicted molar refractivity (Wildman–Crippen MR) is 110 cm³/mol. The van der Waals surface area contributed by atoms with E-state index in [4.69, 9.17) is 9.47 Å². The Morgan fingerprint density at radius 1 is 1.36 bits per heavy atom. The van der Waals surface area contributed by atoms with Gasteiger partial charge in [0.05, 0.1) is 20.3 Å². The Morgan fingerprint density at radius 3 is 2.86 bits per heavy atom. The summed E-state index contributed by atoms with van der Waals surface area (Å²) in [5.74, 6) is 1.03. The van der Waals surface area contributed by atoms with Gasteiger partial charge >= 0.3 is 5.97 Å². The number of benzene rings is 1. The zero-order chi connectivity index (χ0) is 19.8. The van der Waals surface area contributed by atoms with Gasteiger partial charge in [-0.1, -0.05) is 18.2 Å². The van der Waals surface area contributed by atoms with Crippen molar-refractivity contribution in [2.45, 2.75) is 25.8 Å². The number of aromatic nitrogens is 1. The third kappa shape index (κ3) is 2.85. The van der Waals surface area contributed by atoms with Crippen LogP contribution in [0.1, 0.15) is 30.6 Å². The molecule has 0 spiro atoms. The molecule has 28 heavy (non-hydrogen) atoms. The number of fused-ring (bicyclic) bond motifs is 5. The first kappa shape index (κ1) is 18.8. The molecule has 3 atom stereocenters. The molecule has 1 aromatic heterocycles. The molecule has 1 N–H and O–H groups in total. The third-order valence-corrected chi connectivity index (χ3v) is 6.44.